The molecular formula is C13H28N2. The lowest BCUT2D eigenvalue weighted by atomic mass is 9.94. The van der Waals surface area contributed by atoms with Crippen molar-refractivity contribution in [3.63, 3.8) is 0 Å². The lowest BCUT2D eigenvalue weighted by molar-refractivity contribution is 0.155. The fourth-order valence-corrected chi connectivity index (χ4v) is 2.41. The van der Waals surface area contributed by atoms with Crippen LogP contribution in [0.2, 0.25) is 0 Å². The highest BCUT2D eigenvalue weighted by molar-refractivity contribution is 4.75. The molecule has 90 valence electrons. The second-order valence-corrected chi connectivity index (χ2v) is 5.26. The molecule has 1 saturated heterocycles. The molecule has 2 unspecified atom stereocenters. The first-order valence-electron chi connectivity index (χ1n) is 6.56. The Kier molecular flexibility index (Phi) is 5.62. The molecule has 0 radical (unpaired) electrons. The van der Waals surface area contributed by atoms with Gasteiger partial charge in [0.15, 0.2) is 0 Å². The van der Waals surface area contributed by atoms with E-state index in [4.69, 9.17) is 0 Å². The highest BCUT2D eigenvalue weighted by Crippen LogP contribution is 2.18. The fraction of sp³-hybridized carbons (Fsp3) is 1.00. The van der Waals surface area contributed by atoms with Gasteiger partial charge in [-0.1, -0.05) is 20.3 Å². The Hall–Kier alpha value is -0.0800. The molecule has 0 saturated carbocycles. The van der Waals surface area contributed by atoms with Gasteiger partial charge in [0.1, 0.15) is 0 Å². The van der Waals surface area contributed by atoms with E-state index < -0.39 is 0 Å². The second-order valence-electron chi connectivity index (χ2n) is 5.26. The monoisotopic (exact) mass is 212 g/mol. The van der Waals surface area contributed by atoms with Crippen LogP contribution in [0.1, 0.15) is 40.0 Å². The van der Waals surface area contributed by atoms with E-state index in [1.54, 1.807) is 0 Å². The maximum atomic E-state index is 3.43. The van der Waals surface area contributed by atoms with Gasteiger partial charge in [-0.15, -0.1) is 0 Å². The Bertz CT molecular complexity index is 164. The van der Waals surface area contributed by atoms with Crippen LogP contribution in [-0.2, 0) is 0 Å². The predicted octanol–water partition coefficient (Wildman–Crippen LogP) is 2.35. The van der Waals surface area contributed by atoms with Crippen molar-refractivity contribution in [1.29, 1.82) is 0 Å². The van der Waals surface area contributed by atoms with Crippen molar-refractivity contribution in [2.24, 2.45) is 11.8 Å². The van der Waals surface area contributed by atoms with Crippen molar-refractivity contribution in [3.05, 3.63) is 0 Å². The average Bonchev–Trinajstić information content (AvgIpc) is 2.28. The van der Waals surface area contributed by atoms with Crippen molar-refractivity contribution in [2.45, 2.75) is 46.1 Å². The lowest BCUT2D eigenvalue weighted by Gasteiger charge is -2.33. The Morgan fingerprint density at radius 1 is 1.27 bits per heavy atom. The molecule has 1 aliphatic rings. The van der Waals surface area contributed by atoms with Crippen molar-refractivity contribution < 1.29 is 0 Å². The van der Waals surface area contributed by atoms with E-state index in [0.29, 0.717) is 0 Å². The van der Waals surface area contributed by atoms with Crippen LogP contribution >= 0.6 is 0 Å². The van der Waals surface area contributed by atoms with Gasteiger partial charge in [-0.3, -0.25) is 0 Å². The normalized spacial score (nSPS) is 23.0. The average molecular weight is 212 g/mol. The molecule has 1 N–H and O–H groups in total. The second kappa shape index (κ2) is 6.49. The molecule has 2 atom stereocenters. The molecule has 15 heavy (non-hydrogen) atoms. The summed E-state index contributed by atoms with van der Waals surface area (Å²) >= 11 is 0. The molecule has 0 bridgehead atoms. The summed E-state index contributed by atoms with van der Waals surface area (Å²) in [6.07, 6.45) is 4.01. The Morgan fingerprint density at radius 3 is 2.40 bits per heavy atom. The van der Waals surface area contributed by atoms with Gasteiger partial charge in [-0.25, -0.2) is 0 Å². The highest BCUT2D eigenvalue weighted by atomic mass is 15.1. The summed E-state index contributed by atoms with van der Waals surface area (Å²) in [6, 6.07) is 0.727. The van der Waals surface area contributed by atoms with Gasteiger partial charge in [0.2, 0.25) is 0 Å². The minimum absolute atomic E-state index is 0.727. The Labute approximate surface area is 95.4 Å². The van der Waals surface area contributed by atoms with Crippen LogP contribution in [-0.4, -0.2) is 37.6 Å². The molecular weight excluding hydrogens is 184 g/mol. The van der Waals surface area contributed by atoms with Crippen LogP contribution in [0.15, 0.2) is 0 Å². The molecule has 1 fully saturated rings. The van der Waals surface area contributed by atoms with Gasteiger partial charge >= 0.3 is 0 Å². The molecule has 1 heterocycles. The molecule has 0 spiro atoms. The van der Waals surface area contributed by atoms with Crippen LogP contribution < -0.4 is 5.32 Å². The van der Waals surface area contributed by atoms with Crippen molar-refractivity contribution in [1.82, 2.24) is 10.2 Å². The maximum Gasteiger partial charge on any atom is 0.00895 e. The summed E-state index contributed by atoms with van der Waals surface area (Å²) in [5, 5.41) is 3.43. The van der Waals surface area contributed by atoms with Crippen LogP contribution in [0.25, 0.3) is 0 Å². The third-order valence-corrected chi connectivity index (χ3v) is 4.17. The number of hydrogen-bond donors (Lipinski definition) is 1. The molecule has 2 nitrogen and oxygen atoms in total. The van der Waals surface area contributed by atoms with E-state index in [0.717, 1.165) is 17.9 Å². The first-order chi connectivity index (χ1) is 7.15. The zero-order chi connectivity index (χ0) is 11.3. The van der Waals surface area contributed by atoms with E-state index in [1.165, 1.54) is 38.9 Å². The van der Waals surface area contributed by atoms with E-state index in [2.05, 4.69) is 38.0 Å². The van der Waals surface area contributed by atoms with E-state index in [-0.39, 0.29) is 0 Å². The molecule has 1 rings (SSSR count). The minimum atomic E-state index is 0.727. The van der Waals surface area contributed by atoms with Crippen molar-refractivity contribution in [2.75, 3.05) is 26.7 Å². The van der Waals surface area contributed by atoms with Crippen LogP contribution in [0.5, 0.6) is 0 Å². The van der Waals surface area contributed by atoms with Crippen LogP contribution in [0.4, 0.5) is 0 Å². The van der Waals surface area contributed by atoms with E-state index in [9.17, 15) is 0 Å². The van der Waals surface area contributed by atoms with Crippen molar-refractivity contribution in [3.8, 4) is 0 Å². The first kappa shape index (κ1) is 13.0. The predicted molar refractivity (Wildman–Crippen MR) is 67.1 cm³/mol. The molecule has 0 aliphatic carbocycles. The minimum Gasteiger partial charge on any atom is -0.317 e. The van der Waals surface area contributed by atoms with Crippen LogP contribution in [0.3, 0.4) is 0 Å². The third-order valence-electron chi connectivity index (χ3n) is 4.17. The summed E-state index contributed by atoms with van der Waals surface area (Å²) in [5.41, 5.74) is 0. The quantitative estimate of drug-likeness (QED) is 0.752. The van der Waals surface area contributed by atoms with E-state index in [1.807, 2.05) is 0 Å². The largest absolute Gasteiger partial charge is 0.317 e. The molecule has 0 amide bonds. The third kappa shape index (κ3) is 4.12. The number of hydrogen-bond acceptors (Lipinski definition) is 2. The molecule has 2 heteroatoms. The Morgan fingerprint density at radius 2 is 1.87 bits per heavy atom. The summed E-state index contributed by atoms with van der Waals surface area (Å²) < 4.78 is 0. The fourth-order valence-electron chi connectivity index (χ4n) is 2.41. The number of rotatable bonds is 5. The lowest BCUT2D eigenvalue weighted by Crippen LogP contribution is -2.40. The van der Waals surface area contributed by atoms with Crippen LogP contribution in [0, 0.1) is 11.8 Å². The topological polar surface area (TPSA) is 15.3 Å². The van der Waals surface area contributed by atoms with Gasteiger partial charge in [-0.2, -0.15) is 0 Å². The van der Waals surface area contributed by atoms with Gasteiger partial charge in [0, 0.05) is 12.6 Å². The first-order valence-corrected chi connectivity index (χ1v) is 6.56. The SMILES string of the molecule is CCC(C)C(C)N(C)CC1CCNCC1. The molecule has 0 aromatic heterocycles. The summed E-state index contributed by atoms with van der Waals surface area (Å²) in [6.45, 7) is 10.7. The molecule has 1 aliphatic heterocycles. The summed E-state index contributed by atoms with van der Waals surface area (Å²) in [7, 11) is 2.29. The summed E-state index contributed by atoms with van der Waals surface area (Å²) in [4.78, 5) is 2.56. The Balaban J connectivity index is 2.29. The number of nitrogens with one attached hydrogen (secondary N) is 1. The highest BCUT2D eigenvalue weighted by Gasteiger charge is 2.20. The van der Waals surface area contributed by atoms with Crippen molar-refractivity contribution >= 4 is 0 Å². The molecule has 0 aromatic carbocycles. The summed E-state index contributed by atoms with van der Waals surface area (Å²) in [5.74, 6) is 1.74. The number of nitrogens with zero attached hydrogens (tertiary/aromatic N) is 1. The zero-order valence-electron chi connectivity index (χ0n) is 10.9. The molecule has 0 aromatic rings. The standard InChI is InChI=1S/C13H28N2/c1-5-11(2)12(3)15(4)10-13-6-8-14-9-7-13/h11-14H,5-10H2,1-4H3. The zero-order valence-corrected chi connectivity index (χ0v) is 10.9. The van der Waals surface area contributed by atoms with Gasteiger partial charge in [0.05, 0.1) is 0 Å². The maximum absolute atomic E-state index is 3.43. The van der Waals surface area contributed by atoms with Gasteiger partial charge in [0.25, 0.3) is 0 Å². The van der Waals surface area contributed by atoms with Gasteiger partial charge < -0.3 is 10.2 Å². The van der Waals surface area contributed by atoms with E-state index >= 15 is 0 Å². The van der Waals surface area contributed by atoms with Gasteiger partial charge in [-0.05, 0) is 51.7 Å². The smallest absolute Gasteiger partial charge is 0.00895 e. The number of piperidine rings is 1.